The molecule has 1 aliphatic rings. The first-order chi connectivity index (χ1) is 10.2. The first-order valence-corrected chi connectivity index (χ1v) is 7.71. The van der Waals surface area contributed by atoms with Gasteiger partial charge in [-0.3, -0.25) is 0 Å². The highest BCUT2D eigenvalue weighted by Crippen LogP contribution is 2.45. The number of rotatable bonds is 5. The molecule has 1 heterocycles. The molecule has 0 aliphatic heterocycles. The third kappa shape index (κ3) is 2.81. The van der Waals surface area contributed by atoms with Gasteiger partial charge >= 0.3 is 0 Å². The SMILES string of the molecule is Cc1ccc(O)c2c1C(C)CC2NCCCc1ncc[nH]1. The second kappa shape index (κ2) is 5.90. The van der Waals surface area contributed by atoms with Crippen LogP contribution in [0.25, 0.3) is 0 Å². The van der Waals surface area contributed by atoms with Gasteiger partial charge in [0.1, 0.15) is 11.6 Å². The largest absolute Gasteiger partial charge is 0.508 e. The summed E-state index contributed by atoms with van der Waals surface area (Å²) in [6, 6.07) is 4.11. The molecule has 1 aliphatic carbocycles. The Balaban J connectivity index is 1.62. The Hall–Kier alpha value is -1.81. The second-order valence-corrected chi connectivity index (χ2v) is 6.01. The van der Waals surface area contributed by atoms with E-state index < -0.39 is 0 Å². The average Bonchev–Trinajstić information content (AvgIpc) is 3.08. The van der Waals surface area contributed by atoms with E-state index in [0.717, 1.165) is 37.2 Å². The molecule has 4 nitrogen and oxygen atoms in total. The van der Waals surface area contributed by atoms with Gasteiger partial charge in [-0.15, -0.1) is 0 Å². The van der Waals surface area contributed by atoms with Crippen LogP contribution in [-0.4, -0.2) is 21.6 Å². The minimum absolute atomic E-state index is 0.270. The summed E-state index contributed by atoms with van der Waals surface area (Å²) in [7, 11) is 0. The zero-order chi connectivity index (χ0) is 14.8. The Bertz CT molecular complexity index is 607. The smallest absolute Gasteiger partial charge is 0.120 e. The molecule has 0 saturated heterocycles. The van der Waals surface area contributed by atoms with E-state index in [1.807, 2.05) is 18.3 Å². The lowest BCUT2D eigenvalue weighted by molar-refractivity contribution is 0.444. The lowest BCUT2D eigenvalue weighted by atomic mass is 9.97. The number of phenols is 1. The Morgan fingerprint density at radius 3 is 3.00 bits per heavy atom. The number of H-pyrrole nitrogens is 1. The third-order valence-electron chi connectivity index (χ3n) is 4.45. The number of aromatic amines is 1. The molecule has 21 heavy (non-hydrogen) atoms. The first-order valence-electron chi connectivity index (χ1n) is 7.71. The molecule has 0 fully saturated rings. The fourth-order valence-electron chi connectivity index (χ4n) is 3.50. The molecule has 2 aromatic rings. The predicted octanol–water partition coefficient (Wildman–Crippen LogP) is 3.19. The van der Waals surface area contributed by atoms with Crippen LogP contribution in [0.5, 0.6) is 5.75 Å². The van der Waals surface area contributed by atoms with Crippen LogP contribution in [-0.2, 0) is 6.42 Å². The molecule has 0 radical (unpaired) electrons. The molecule has 1 aromatic heterocycles. The summed E-state index contributed by atoms with van der Waals surface area (Å²) in [6.07, 6.45) is 6.71. The standard InChI is InChI=1S/C17H23N3O/c1-11-5-6-14(21)17-13(10-12(2)16(11)17)18-7-3-4-15-19-8-9-20-15/h5-6,8-9,12-13,18,21H,3-4,7,10H2,1-2H3,(H,19,20). The lowest BCUT2D eigenvalue weighted by Gasteiger charge is -2.15. The van der Waals surface area contributed by atoms with Crippen molar-refractivity contribution in [3.63, 3.8) is 0 Å². The molecule has 2 unspecified atom stereocenters. The van der Waals surface area contributed by atoms with Gasteiger partial charge in [-0.2, -0.15) is 0 Å². The number of benzene rings is 1. The molecule has 3 rings (SSSR count). The van der Waals surface area contributed by atoms with Crippen molar-refractivity contribution >= 4 is 0 Å². The number of hydrogen-bond donors (Lipinski definition) is 3. The summed E-state index contributed by atoms with van der Waals surface area (Å²) in [4.78, 5) is 7.36. The maximum absolute atomic E-state index is 10.2. The van der Waals surface area contributed by atoms with Crippen LogP contribution in [0.2, 0.25) is 0 Å². The Morgan fingerprint density at radius 2 is 2.24 bits per heavy atom. The zero-order valence-electron chi connectivity index (χ0n) is 12.7. The Labute approximate surface area is 125 Å². The number of nitrogens with one attached hydrogen (secondary N) is 2. The molecule has 0 spiro atoms. The lowest BCUT2D eigenvalue weighted by Crippen LogP contribution is -2.21. The molecule has 4 heteroatoms. The first kappa shape index (κ1) is 14.1. The normalized spacial score (nSPS) is 20.7. The van der Waals surface area contributed by atoms with Gasteiger partial charge in [0.15, 0.2) is 0 Å². The van der Waals surface area contributed by atoms with Crippen LogP contribution >= 0.6 is 0 Å². The van der Waals surface area contributed by atoms with Crippen molar-refractivity contribution in [1.82, 2.24) is 15.3 Å². The minimum Gasteiger partial charge on any atom is -0.508 e. The van der Waals surface area contributed by atoms with E-state index >= 15 is 0 Å². The number of hydrogen-bond acceptors (Lipinski definition) is 3. The average molecular weight is 285 g/mol. The van der Waals surface area contributed by atoms with E-state index in [1.54, 1.807) is 6.20 Å². The molecular formula is C17H23N3O. The topological polar surface area (TPSA) is 60.9 Å². The minimum atomic E-state index is 0.270. The molecule has 0 saturated carbocycles. The summed E-state index contributed by atoms with van der Waals surface area (Å²) < 4.78 is 0. The second-order valence-electron chi connectivity index (χ2n) is 6.01. The van der Waals surface area contributed by atoms with E-state index in [2.05, 4.69) is 29.1 Å². The van der Waals surface area contributed by atoms with Crippen molar-refractivity contribution in [2.24, 2.45) is 0 Å². The van der Waals surface area contributed by atoms with Crippen molar-refractivity contribution in [2.45, 2.75) is 45.1 Å². The van der Waals surface area contributed by atoms with Crippen molar-refractivity contribution in [3.8, 4) is 5.75 Å². The van der Waals surface area contributed by atoms with Crippen molar-refractivity contribution in [3.05, 3.63) is 47.0 Å². The summed E-state index contributed by atoms with van der Waals surface area (Å²) >= 11 is 0. The monoisotopic (exact) mass is 285 g/mol. The number of phenolic OH excluding ortho intramolecular Hbond substituents is 1. The van der Waals surface area contributed by atoms with Gasteiger partial charge in [0.05, 0.1) is 0 Å². The van der Waals surface area contributed by atoms with E-state index in [9.17, 15) is 5.11 Å². The van der Waals surface area contributed by atoms with Gasteiger partial charge in [0.25, 0.3) is 0 Å². The van der Waals surface area contributed by atoms with Gasteiger partial charge in [-0.25, -0.2) is 4.98 Å². The van der Waals surface area contributed by atoms with Crippen LogP contribution in [0.15, 0.2) is 24.5 Å². The Morgan fingerprint density at radius 1 is 1.38 bits per heavy atom. The Kier molecular flexibility index (Phi) is 3.97. The number of imidazole rings is 1. The fourth-order valence-corrected chi connectivity index (χ4v) is 3.50. The summed E-state index contributed by atoms with van der Waals surface area (Å²) in [6.45, 7) is 5.31. The van der Waals surface area contributed by atoms with Crippen molar-refractivity contribution in [2.75, 3.05) is 6.54 Å². The molecule has 0 bridgehead atoms. The quantitative estimate of drug-likeness (QED) is 0.739. The summed E-state index contributed by atoms with van der Waals surface area (Å²) in [5.74, 6) is 1.98. The van der Waals surface area contributed by atoms with E-state index in [0.29, 0.717) is 11.7 Å². The maximum Gasteiger partial charge on any atom is 0.120 e. The highest BCUT2D eigenvalue weighted by molar-refractivity contribution is 5.50. The molecule has 2 atom stereocenters. The van der Waals surface area contributed by atoms with Crippen LogP contribution in [0.4, 0.5) is 0 Å². The van der Waals surface area contributed by atoms with Crippen LogP contribution in [0.1, 0.15) is 54.2 Å². The summed E-state index contributed by atoms with van der Waals surface area (Å²) in [5.41, 5.74) is 3.73. The molecule has 112 valence electrons. The van der Waals surface area contributed by atoms with Crippen LogP contribution < -0.4 is 5.32 Å². The van der Waals surface area contributed by atoms with Gasteiger partial charge in [-0.1, -0.05) is 13.0 Å². The summed E-state index contributed by atoms with van der Waals surface area (Å²) in [5, 5.41) is 13.8. The van der Waals surface area contributed by atoms with Gasteiger partial charge < -0.3 is 15.4 Å². The molecule has 0 amide bonds. The van der Waals surface area contributed by atoms with E-state index in [4.69, 9.17) is 0 Å². The van der Waals surface area contributed by atoms with Crippen LogP contribution in [0.3, 0.4) is 0 Å². The molecule has 3 N–H and O–H groups in total. The van der Waals surface area contributed by atoms with Crippen molar-refractivity contribution in [1.29, 1.82) is 0 Å². The number of fused-ring (bicyclic) bond motifs is 1. The van der Waals surface area contributed by atoms with E-state index in [1.165, 1.54) is 11.1 Å². The van der Waals surface area contributed by atoms with Gasteiger partial charge in [0, 0.05) is 30.4 Å². The predicted molar refractivity (Wildman–Crippen MR) is 83.5 cm³/mol. The van der Waals surface area contributed by atoms with Crippen LogP contribution in [0, 0.1) is 6.92 Å². The third-order valence-corrected chi connectivity index (χ3v) is 4.45. The highest BCUT2D eigenvalue weighted by Gasteiger charge is 2.31. The van der Waals surface area contributed by atoms with Crippen molar-refractivity contribution < 1.29 is 5.11 Å². The highest BCUT2D eigenvalue weighted by atomic mass is 16.3. The van der Waals surface area contributed by atoms with E-state index in [-0.39, 0.29) is 6.04 Å². The maximum atomic E-state index is 10.2. The number of aromatic hydroxyl groups is 1. The molecule has 1 aromatic carbocycles. The number of aryl methyl sites for hydroxylation is 2. The zero-order valence-corrected chi connectivity index (χ0v) is 12.7. The van der Waals surface area contributed by atoms with Gasteiger partial charge in [0.2, 0.25) is 0 Å². The fraction of sp³-hybridized carbons (Fsp3) is 0.471. The number of nitrogens with zero attached hydrogens (tertiary/aromatic N) is 1. The number of aromatic nitrogens is 2. The van der Waals surface area contributed by atoms with Gasteiger partial charge in [-0.05, 0) is 49.4 Å². The molecular weight excluding hydrogens is 262 g/mol.